The van der Waals surface area contributed by atoms with Gasteiger partial charge in [-0.2, -0.15) is 0 Å². The van der Waals surface area contributed by atoms with E-state index in [0.717, 1.165) is 33.7 Å². The number of aromatic nitrogens is 2. The van der Waals surface area contributed by atoms with Crippen LogP contribution in [0.3, 0.4) is 0 Å². The van der Waals surface area contributed by atoms with Crippen LogP contribution in [0.15, 0.2) is 89.2 Å². The summed E-state index contributed by atoms with van der Waals surface area (Å²) >= 11 is 0. The van der Waals surface area contributed by atoms with Crippen LogP contribution in [0.2, 0.25) is 0 Å². The van der Waals surface area contributed by atoms with Crippen LogP contribution < -0.4 is 4.74 Å². The summed E-state index contributed by atoms with van der Waals surface area (Å²) in [7, 11) is 0. The first-order chi connectivity index (χ1) is 16.9. The first kappa shape index (κ1) is 21.8. The van der Waals surface area contributed by atoms with E-state index >= 15 is 0 Å². The number of carboxylic acids is 1. The molecule has 0 saturated heterocycles. The molecule has 0 bridgehead atoms. The van der Waals surface area contributed by atoms with E-state index in [1.807, 2.05) is 85.2 Å². The first-order valence-corrected chi connectivity index (χ1v) is 11.1. The minimum atomic E-state index is -0.817. The Morgan fingerprint density at radius 3 is 2.62 bits per heavy atom. The number of aryl methyl sites for hydroxylation is 1. The SMILES string of the molecule is [2H]C(c1ccccc1OC/C=C(\C)CCC(=O)O)n1c(C)cnc1-c1ccc(-c2ccco2)cc1. The fraction of sp³-hybridized carbons (Fsp3) is 0.214. The number of furan rings is 1. The Morgan fingerprint density at radius 1 is 1.12 bits per heavy atom. The molecule has 0 aliphatic carbocycles. The largest absolute Gasteiger partial charge is 0.489 e. The maximum Gasteiger partial charge on any atom is 0.303 e. The molecule has 2 aromatic heterocycles. The summed E-state index contributed by atoms with van der Waals surface area (Å²) in [5.74, 6) is 1.30. The highest BCUT2D eigenvalue weighted by Gasteiger charge is 2.13. The Balaban J connectivity index is 1.56. The predicted molar refractivity (Wildman–Crippen MR) is 132 cm³/mol. The van der Waals surface area contributed by atoms with Crippen molar-refractivity contribution in [3.05, 3.63) is 96.0 Å². The van der Waals surface area contributed by atoms with Crippen molar-refractivity contribution in [2.24, 2.45) is 0 Å². The molecular weight excluding hydrogens is 428 g/mol. The third kappa shape index (κ3) is 5.64. The highest BCUT2D eigenvalue weighted by Crippen LogP contribution is 2.27. The standard InChI is InChI=1S/C28H28N2O4/c1-20(9-14-27(31)32)15-17-34-26-7-4-3-6-24(26)19-30-21(2)18-29-28(30)23-12-10-22(11-13-23)25-8-5-16-33-25/h3-8,10-13,15-16,18H,9,14,17,19H2,1-2H3,(H,31,32)/b20-15+/i19D. The fourth-order valence-electron chi connectivity index (χ4n) is 3.59. The summed E-state index contributed by atoms with van der Waals surface area (Å²) < 4.78 is 22.4. The molecule has 0 radical (unpaired) electrons. The normalized spacial score (nSPS) is 12.9. The molecule has 174 valence electrons. The van der Waals surface area contributed by atoms with Gasteiger partial charge in [0.1, 0.15) is 23.9 Å². The van der Waals surface area contributed by atoms with Crippen LogP contribution in [-0.2, 0) is 11.3 Å². The average molecular weight is 458 g/mol. The van der Waals surface area contributed by atoms with Gasteiger partial charge in [0.2, 0.25) is 0 Å². The fourth-order valence-corrected chi connectivity index (χ4v) is 3.59. The minimum absolute atomic E-state index is 0.0961. The lowest BCUT2D eigenvalue weighted by Crippen LogP contribution is -2.07. The van der Waals surface area contributed by atoms with Crippen LogP contribution in [0.1, 0.15) is 32.4 Å². The molecule has 1 atom stereocenters. The molecule has 1 unspecified atom stereocenters. The van der Waals surface area contributed by atoms with Crippen LogP contribution >= 0.6 is 0 Å². The number of allylic oxidation sites excluding steroid dienone is 1. The molecule has 4 aromatic rings. The van der Waals surface area contributed by atoms with Gasteiger partial charge in [-0.1, -0.05) is 48.0 Å². The van der Waals surface area contributed by atoms with Crippen LogP contribution in [0, 0.1) is 6.92 Å². The number of rotatable bonds is 10. The zero-order valence-electron chi connectivity index (χ0n) is 20.3. The van der Waals surface area contributed by atoms with Gasteiger partial charge in [0, 0.05) is 35.0 Å². The summed E-state index contributed by atoms with van der Waals surface area (Å²) in [4.78, 5) is 15.4. The zero-order chi connectivity index (χ0) is 24.8. The maximum atomic E-state index is 10.8. The van der Waals surface area contributed by atoms with E-state index in [2.05, 4.69) is 4.98 Å². The van der Waals surface area contributed by atoms with Gasteiger partial charge in [0.05, 0.1) is 14.2 Å². The number of ether oxygens (including phenoxy) is 1. The van der Waals surface area contributed by atoms with Crippen LogP contribution in [0.5, 0.6) is 5.75 Å². The molecule has 0 fully saturated rings. The van der Waals surface area contributed by atoms with E-state index in [0.29, 0.717) is 24.6 Å². The van der Waals surface area contributed by atoms with E-state index in [-0.39, 0.29) is 6.42 Å². The molecule has 6 nitrogen and oxygen atoms in total. The second-order valence-electron chi connectivity index (χ2n) is 8.07. The lowest BCUT2D eigenvalue weighted by molar-refractivity contribution is -0.136. The van der Waals surface area contributed by atoms with Gasteiger partial charge in [0.25, 0.3) is 0 Å². The molecular formula is C28H28N2O4. The van der Waals surface area contributed by atoms with Crippen molar-refractivity contribution in [1.29, 1.82) is 0 Å². The quantitative estimate of drug-likeness (QED) is 0.281. The lowest BCUT2D eigenvalue weighted by Gasteiger charge is -2.14. The van der Waals surface area contributed by atoms with Gasteiger partial charge < -0.3 is 18.8 Å². The summed E-state index contributed by atoms with van der Waals surface area (Å²) in [6.07, 6.45) is 5.88. The van der Waals surface area contributed by atoms with Crippen molar-refractivity contribution in [3.63, 3.8) is 0 Å². The monoisotopic (exact) mass is 457 g/mol. The van der Waals surface area contributed by atoms with Crippen molar-refractivity contribution >= 4 is 5.97 Å². The average Bonchev–Trinajstić information content (AvgIpc) is 3.53. The maximum absolute atomic E-state index is 10.8. The number of hydrogen-bond donors (Lipinski definition) is 1. The van der Waals surface area contributed by atoms with Gasteiger partial charge in [-0.25, -0.2) is 4.98 Å². The Kier molecular flexibility index (Phi) is 6.85. The second kappa shape index (κ2) is 10.7. The zero-order valence-corrected chi connectivity index (χ0v) is 19.3. The third-order valence-electron chi connectivity index (χ3n) is 5.52. The number of imidazole rings is 1. The van der Waals surface area contributed by atoms with Gasteiger partial charge in [0.15, 0.2) is 0 Å². The summed E-state index contributed by atoms with van der Waals surface area (Å²) in [6, 6.07) is 19.2. The molecule has 1 N–H and O–H groups in total. The number of para-hydroxylation sites is 1. The van der Waals surface area contributed by atoms with E-state index in [1.54, 1.807) is 12.5 Å². The molecule has 2 heterocycles. The van der Waals surface area contributed by atoms with Crippen LogP contribution in [0.25, 0.3) is 22.7 Å². The van der Waals surface area contributed by atoms with Crippen LogP contribution in [0.4, 0.5) is 0 Å². The number of hydrogen-bond acceptors (Lipinski definition) is 4. The van der Waals surface area contributed by atoms with Crippen molar-refractivity contribution in [2.75, 3.05) is 6.61 Å². The molecule has 2 aromatic carbocycles. The molecule has 0 amide bonds. The number of carboxylic acid groups (broad SMARTS) is 1. The summed E-state index contributed by atoms with van der Waals surface area (Å²) in [5.41, 5.74) is 4.42. The number of aliphatic carboxylic acids is 1. The highest BCUT2D eigenvalue weighted by molar-refractivity contribution is 5.67. The Bertz CT molecular complexity index is 1310. The lowest BCUT2D eigenvalue weighted by atomic mass is 10.1. The van der Waals surface area contributed by atoms with Gasteiger partial charge in [-0.05, 0) is 44.5 Å². The van der Waals surface area contributed by atoms with Gasteiger partial charge in [-0.15, -0.1) is 0 Å². The number of benzene rings is 2. The highest BCUT2D eigenvalue weighted by atomic mass is 16.5. The summed E-state index contributed by atoms with van der Waals surface area (Å²) in [5, 5.41) is 8.85. The molecule has 0 aliphatic rings. The van der Waals surface area contributed by atoms with E-state index in [9.17, 15) is 4.79 Å². The molecule has 34 heavy (non-hydrogen) atoms. The number of carbonyl (C=O) groups is 1. The van der Waals surface area contributed by atoms with E-state index in [4.69, 9.17) is 15.6 Å². The minimum Gasteiger partial charge on any atom is -0.489 e. The Morgan fingerprint density at radius 2 is 1.88 bits per heavy atom. The third-order valence-corrected chi connectivity index (χ3v) is 5.52. The first-order valence-electron chi connectivity index (χ1n) is 11.7. The summed E-state index contributed by atoms with van der Waals surface area (Å²) in [6.45, 7) is 3.38. The van der Waals surface area contributed by atoms with Crippen LogP contribution in [-0.4, -0.2) is 27.2 Å². The van der Waals surface area contributed by atoms with Crippen molar-refractivity contribution in [3.8, 4) is 28.5 Å². The molecule has 4 rings (SSSR count). The number of nitrogens with zero attached hydrogens (tertiary/aromatic N) is 2. The van der Waals surface area contributed by atoms with E-state index < -0.39 is 12.5 Å². The molecule has 0 aliphatic heterocycles. The Hall–Kier alpha value is -4.06. The van der Waals surface area contributed by atoms with Gasteiger partial charge in [-0.3, -0.25) is 4.79 Å². The van der Waals surface area contributed by atoms with Crippen molar-refractivity contribution in [1.82, 2.24) is 9.55 Å². The second-order valence-corrected chi connectivity index (χ2v) is 8.07. The van der Waals surface area contributed by atoms with Gasteiger partial charge >= 0.3 is 5.97 Å². The smallest absolute Gasteiger partial charge is 0.303 e. The van der Waals surface area contributed by atoms with Crippen molar-refractivity contribution in [2.45, 2.75) is 33.2 Å². The Labute approximate surface area is 200 Å². The van der Waals surface area contributed by atoms with E-state index in [1.165, 1.54) is 0 Å². The topological polar surface area (TPSA) is 77.5 Å². The molecule has 0 spiro atoms. The van der Waals surface area contributed by atoms with Crippen molar-refractivity contribution < 1.29 is 20.4 Å². The molecule has 6 heteroatoms. The predicted octanol–water partition coefficient (Wildman–Crippen LogP) is 6.36. The molecule has 0 saturated carbocycles.